The number of aromatic nitrogens is 1. The quantitative estimate of drug-likeness (QED) is 0.346. The molecule has 0 saturated heterocycles. The van der Waals surface area contributed by atoms with Crippen molar-refractivity contribution < 1.29 is 4.42 Å². The number of rotatable bonds is 5. The van der Waals surface area contributed by atoms with E-state index in [0.29, 0.717) is 24.9 Å². The Balaban J connectivity index is 0.00000364. The molecule has 0 bridgehead atoms. The molecule has 2 N–H and O–H groups in total. The van der Waals surface area contributed by atoms with Gasteiger partial charge in [-0.1, -0.05) is 58.4 Å². The summed E-state index contributed by atoms with van der Waals surface area (Å²) in [4.78, 5) is 8.60. The number of hydrogen-bond donors (Lipinski definition) is 2. The Morgan fingerprint density at radius 3 is 2.44 bits per heavy atom. The zero-order valence-corrected chi connectivity index (χ0v) is 20.0. The van der Waals surface area contributed by atoms with Gasteiger partial charge in [-0.3, -0.25) is 4.99 Å². The summed E-state index contributed by atoms with van der Waals surface area (Å²) < 4.78 is 5.80. The van der Waals surface area contributed by atoms with Crippen LogP contribution in [0.2, 0.25) is 5.02 Å². The number of guanidine groups is 1. The van der Waals surface area contributed by atoms with Crippen molar-refractivity contribution in [1.29, 1.82) is 0 Å². The normalized spacial score (nSPS) is 12.5. The molecule has 7 heteroatoms. The first-order chi connectivity index (χ1) is 12.1. The molecule has 0 radical (unpaired) electrons. The van der Waals surface area contributed by atoms with Crippen LogP contribution in [0, 0.1) is 0 Å². The molecule has 1 aromatic carbocycles. The molecular weight excluding hydrogens is 475 g/mol. The number of hydrogen-bond acceptors (Lipinski definition) is 3. The number of nitrogens with zero attached hydrogens (tertiary/aromatic N) is 2. The van der Waals surface area contributed by atoms with Gasteiger partial charge in [-0.05, 0) is 17.7 Å². The van der Waals surface area contributed by atoms with Crippen molar-refractivity contribution in [3.05, 3.63) is 52.7 Å². The average molecular weight is 505 g/mol. The molecular formula is C20H30ClIN4O. The Kier molecular flexibility index (Phi) is 8.60. The number of halogens is 2. The Morgan fingerprint density at radius 2 is 1.89 bits per heavy atom. The zero-order chi connectivity index (χ0) is 19.4. The lowest BCUT2D eigenvalue weighted by molar-refractivity contribution is 0.379. The maximum atomic E-state index is 6.12. The van der Waals surface area contributed by atoms with Crippen LogP contribution < -0.4 is 10.6 Å². The van der Waals surface area contributed by atoms with E-state index in [1.54, 1.807) is 13.2 Å². The van der Waals surface area contributed by atoms with Crippen LogP contribution in [0.25, 0.3) is 0 Å². The van der Waals surface area contributed by atoms with E-state index in [4.69, 9.17) is 16.0 Å². The summed E-state index contributed by atoms with van der Waals surface area (Å²) in [6.07, 6.45) is 1.79. The molecule has 5 nitrogen and oxygen atoms in total. The molecule has 0 aliphatic rings. The second-order valence-electron chi connectivity index (χ2n) is 8.04. The fraction of sp³-hybridized carbons (Fsp3) is 0.500. The van der Waals surface area contributed by atoms with Gasteiger partial charge in [0.2, 0.25) is 5.89 Å². The lowest BCUT2D eigenvalue weighted by Gasteiger charge is -2.27. The summed E-state index contributed by atoms with van der Waals surface area (Å²) in [5.41, 5.74) is 1.03. The van der Waals surface area contributed by atoms with Crippen molar-refractivity contribution >= 4 is 41.5 Å². The first-order valence-corrected chi connectivity index (χ1v) is 9.15. The third kappa shape index (κ3) is 6.99. The van der Waals surface area contributed by atoms with Gasteiger partial charge >= 0.3 is 0 Å². The number of nitrogens with one attached hydrogen (secondary N) is 2. The van der Waals surface area contributed by atoms with Gasteiger partial charge in [0.15, 0.2) is 5.96 Å². The number of oxazole rings is 1. The molecule has 2 rings (SSSR count). The van der Waals surface area contributed by atoms with Crippen LogP contribution in [0.3, 0.4) is 0 Å². The smallest absolute Gasteiger partial charge is 0.213 e. The predicted octanol–water partition coefficient (Wildman–Crippen LogP) is 4.89. The lowest BCUT2D eigenvalue weighted by atomic mass is 9.84. The monoisotopic (exact) mass is 504 g/mol. The van der Waals surface area contributed by atoms with Crippen LogP contribution in [0.5, 0.6) is 0 Å². The fourth-order valence-electron chi connectivity index (χ4n) is 2.43. The highest BCUT2D eigenvalue weighted by atomic mass is 127. The van der Waals surface area contributed by atoms with Crippen molar-refractivity contribution in [2.24, 2.45) is 4.99 Å². The van der Waals surface area contributed by atoms with Gasteiger partial charge in [-0.15, -0.1) is 24.0 Å². The van der Waals surface area contributed by atoms with Crippen molar-refractivity contribution in [1.82, 2.24) is 15.6 Å². The van der Waals surface area contributed by atoms with Crippen LogP contribution in [-0.4, -0.2) is 24.5 Å². The highest BCUT2D eigenvalue weighted by molar-refractivity contribution is 14.0. The number of aliphatic imine (C=N–C) groups is 1. The minimum atomic E-state index is -0.0924. The molecule has 0 atom stereocenters. The first-order valence-electron chi connectivity index (χ1n) is 8.77. The fourth-order valence-corrected chi connectivity index (χ4v) is 2.63. The second kappa shape index (κ2) is 9.78. The van der Waals surface area contributed by atoms with Crippen molar-refractivity contribution in [3.8, 4) is 0 Å². The van der Waals surface area contributed by atoms with E-state index in [1.165, 1.54) is 5.56 Å². The third-order valence-electron chi connectivity index (χ3n) is 4.23. The lowest BCUT2D eigenvalue weighted by Crippen LogP contribution is -2.43. The highest BCUT2D eigenvalue weighted by Gasteiger charge is 2.22. The van der Waals surface area contributed by atoms with Crippen molar-refractivity contribution in [2.75, 3.05) is 13.6 Å². The summed E-state index contributed by atoms with van der Waals surface area (Å²) >= 11 is 6.12. The van der Waals surface area contributed by atoms with E-state index in [0.717, 1.165) is 10.8 Å². The zero-order valence-electron chi connectivity index (χ0n) is 16.9. The largest absolute Gasteiger partial charge is 0.443 e. The molecule has 2 aromatic rings. The van der Waals surface area contributed by atoms with Crippen LogP contribution >= 0.6 is 35.6 Å². The molecule has 0 amide bonds. The maximum absolute atomic E-state index is 6.12. The summed E-state index contributed by atoms with van der Waals surface area (Å²) in [5, 5.41) is 7.35. The van der Waals surface area contributed by atoms with Gasteiger partial charge in [0, 0.05) is 29.4 Å². The van der Waals surface area contributed by atoms with Crippen LogP contribution in [0.1, 0.15) is 51.8 Å². The van der Waals surface area contributed by atoms with Crippen molar-refractivity contribution in [3.63, 3.8) is 0 Å². The maximum Gasteiger partial charge on any atom is 0.213 e. The van der Waals surface area contributed by atoms with Gasteiger partial charge in [0.05, 0.1) is 12.7 Å². The van der Waals surface area contributed by atoms with E-state index in [-0.39, 0.29) is 34.8 Å². The standard InChI is InChI=1S/C20H29ClN4O.HI/c1-19(2,3)16-11-23-17(26-16)12-24-18(22-6)25-13-20(4,5)14-8-7-9-15(21)10-14;/h7-11H,12-13H2,1-6H3,(H2,22,24,25);1H. The molecule has 150 valence electrons. The summed E-state index contributed by atoms with van der Waals surface area (Å²) in [6, 6.07) is 7.95. The Morgan fingerprint density at radius 1 is 1.19 bits per heavy atom. The van der Waals surface area contributed by atoms with Crippen molar-refractivity contribution in [2.45, 2.75) is 52.0 Å². The molecule has 0 spiro atoms. The van der Waals surface area contributed by atoms with Crippen LogP contribution in [-0.2, 0) is 17.4 Å². The van der Waals surface area contributed by atoms with Gasteiger partial charge in [-0.25, -0.2) is 4.98 Å². The topological polar surface area (TPSA) is 62.5 Å². The number of benzene rings is 1. The third-order valence-corrected chi connectivity index (χ3v) is 4.46. The van der Waals surface area contributed by atoms with Gasteiger partial charge in [0.1, 0.15) is 5.76 Å². The molecule has 0 fully saturated rings. The van der Waals surface area contributed by atoms with Gasteiger partial charge < -0.3 is 15.1 Å². The van der Waals surface area contributed by atoms with E-state index in [1.807, 2.05) is 18.2 Å². The molecule has 0 unspecified atom stereocenters. The summed E-state index contributed by atoms with van der Waals surface area (Å²) in [7, 11) is 1.75. The molecule has 27 heavy (non-hydrogen) atoms. The summed E-state index contributed by atoms with van der Waals surface area (Å²) in [6.45, 7) is 11.8. The Hall–Kier alpha value is -1.28. The average Bonchev–Trinajstić information content (AvgIpc) is 3.04. The Bertz CT molecular complexity index is 765. The van der Waals surface area contributed by atoms with E-state index < -0.39 is 0 Å². The van der Waals surface area contributed by atoms with E-state index in [2.05, 4.69) is 61.3 Å². The molecule has 0 aliphatic heterocycles. The minimum absolute atomic E-state index is 0. The first kappa shape index (κ1) is 23.8. The van der Waals surface area contributed by atoms with Crippen LogP contribution in [0.15, 0.2) is 39.9 Å². The molecule has 0 aliphatic carbocycles. The second-order valence-corrected chi connectivity index (χ2v) is 8.48. The molecule has 1 aromatic heterocycles. The van der Waals surface area contributed by atoms with Gasteiger partial charge in [-0.2, -0.15) is 0 Å². The van der Waals surface area contributed by atoms with E-state index in [9.17, 15) is 0 Å². The minimum Gasteiger partial charge on any atom is -0.443 e. The summed E-state index contributed by atoms with van der Waals surface area (Å²) in [5.74, 6) is 2.22. The highest BCUT2D eigenvalue weighted by Crippen LogP contribution is 2.25. The SMILES string of the molecule is CN=C(NCc1ncc(C(C)(C)C)o1)NCC(C)(C)c1cccc(Cl)c1.I. The van der Waals surface area contributed by atoms with Crippen LogP contribution in [0.4, 0.5) is 0 Å². The molecule has 0 saturated carbocycles. The van der Waals surface area contributed by atoms with E-state index >= 15 is 0 Å². The Labute approximate surface area is 184 Å². The molecule has 1 heterocycles. The van der Waals surface area contributed by atoms with Gasteiger partial charge in [0.25, 0.3) is 0 Å². The predicted molar refractivity (Wildman–Crippen MR) is 123 cm³/mol.